The van der Waals surface area contributed by atoms with E-state index in [2.05, 4.69) is 4.72 Å². The average Bonchev–Trinajstić information content (AvgIpc) is 2.45. The summed E-state index contributed by atoms with van der Waals surface area (Å²) in [5.41, 5.74) is 1.75. The predicted molar refractivity (Wildman–Crippen MR) is 78.3 cm³/mol. The first kappa shape index (κ1) is 15.1. The zero-order chi connectivity index (χ0) is 15.5. The second-order valence-electron chi connectivity index (χ2n) is 4.56. The molecule has 0 saturated carbocycles. The molecule has 2 aromatic rings. The van der Waals surface area contributed by atoms with Gasteiger partial charge in [-0.05, 0) is 24.6 Å². The van der Waals surface area contributed by atoms with Crippen molar-refractivity contribution in [1.29, 1.82) is 0 Å². The lowest BCUT2D eigenvalue weighted by molar-refractivity contribution is -0.384. The Bertz CT molecular complexity index is 755. The number of benzene rings is 2. The van der Waals surface area contributed by atoms with Crippen molar-refractivity contribution in [3.05, 3.63) is 69.8 Å². The van der Waals surface area contributed by atoms with Gasteiger partial charge in [0, 0.05) is 18.7 Å². The average molecular weight is 306 g/mol. The van der Waals surface area contributed by atoms with Gasteiger partial charge in [0.05, 0.1) is 9.82 Å². The monoisotopic (exact) mass is 306 g/mol. The molecule has 7 heteroatoms. The van der Waals surface area contributed by atoms with Crippen molar-refractivity contribution in [1.82, 2.24) is 4.72 Å². The fraction of sp³-hybridized carbons (Fsp3) is 0.143. The summed E-state index contributed by atoms with van der Waals surface area (Å²) < 4.78 is 26.7. The minimum absolute atomic E-state index is 0.000697. The number of nitro benzene ring substituents is 1. The molecular weight excluding hydrogens is 292 g/mol. The van der Waals surface area contributed by atoms with Gasteiger partial charge in [0.2, 0.25) is 10.0 Å². The summed E-state index contributed by atoms with van der Waals surface area (Å²) in [5.74, 6) is 0. The van der Waals surface area contributed by atoms with Crippen molar-refractivity contribution in [2.45, 2.75) is 18.4 Å². The number of non-ortho nitro benzene ring substituents is 1. The number of nitrogens with zero attached hydrogens (tertiary/aromatic N) is 1. The number of nitrogens with one attached hydrogen (secondary N) is 1. The number of nitro groups is 1. The molecule has 0 heterocycles. The maximum atomic E-state index is 12.1. The Kier molecular flexibility index (Phi) is 4.35. The third-order valence-electron chi connectivity index (χ3n) is 2.91. The first-order valence-corrected chi connectivity index (χ1v) is 7.66. The van der Waals surface area contributed by atoms with Crippen molar-refractivity contribution in [3.63, 3.8) is 0 Å². The second-order valence-corrected chi connectivity index (χ2v) is 6.33. The van der Waals surface area contributed by atoms with Crippen LogP contribution in [0.25, 0.3) is 0 Å². The van der Waals surface area contributed by atoms with Crippen LogP contribution in [-0.2, 0) is 16.6 Å². The Morgan fingerprint density at radius 3 is 2.38 bits per heavy atom. The molecule has 0 aliphatic carbocycles. The third kappa shape index (κ3) is 3.87. The van der Waals surface area contributed by atoms with Gasteiger partial charge >= 0.3 is 0 Å². The second kappa shape index (κ2) is 6.02. The van der Waals surface area contributed by atoms with Crippen LogP contribution in [0.2, 0.25) is 0 Å². The number of rotatable bonds is 5. The number of hydrogen-bond acceptors (Lipinski definition) is 4. The topological polar surface area (TPSA) is 89.3 Å². The lowest BCUT2D eigenvalue weighted by atomic mass is 10.1. The van der Waals surface area contributed by atoms with Crippen LogP contribution in [0.15, 0.2) is 53.4 Å². The molecule has 0 saturated heterocycles. The summed E-state index contributed by atoms with van der Waals surface area (Å²) in [6.07, 6.45) is 0. The molecule has 0 spiro atoms. The quantitative estimate of drug-likeness (QED) is 0.678. The minimum atomic E-state index is -3.69. The standard InChI is InChI=1S/C14H14N2O4S/c1-11-3-2-4-12(9-11)10-15-21(19,20)14-7-5-13(6-8-14)16(17)18/h2-9,15H,10H2,1H3. The molecule has 110 valence electrons. The number of sulfonamides is 1. The molecule has 2 rings (SSSR count). The molecule has 0 radical (unpaired) electrons. The van der Waals surface area contributed by atoms with E-state index < -0.39 is 14.9 Å². The number of aryl methyl sites for hydroxylation is 1. The van der Waals surface area contributed by atoms with E-state index in [1.165, 1.54) is 24.3 Å². The first-order chi connectivity index (χ1) is 9.88. The van der Waals surface area contributed by atoms with Crippen LogP contribution in [0.1, 0.15) is 11.1 Å². The predicted octanol–water partition coefficient (Wildman–Crippen LogP) is 2.38. The number of hydrogen-bond donors (Lipinski definition) is 1. The van der Waals surface area contributed by atoms with Gasteiger partial charge in [-0.3, -0.25) is 10.1 Å². The van der Waals surface area contributed by atoms with E-state index in [1.54, 1.807) is 0 Å². The van der Waals surface area contributed by atoms with E-state index in [0.717, 1.165) is 11.1 Å². The smallest absolute Gasteiger partial charge is 0.258 e. The molecule has 0 aliphatic heterocycles. The van der Waals surface area contributed by atoms with Gasteiger partial charge in [0.15, 0.2) is 0 Å². The van der Waals surface area contributed by atoms with Crippen LogP contribution in [0.4, 0.5) is 5.69 Å². The highest BCUT2D eigenvalue weighted by Gasteiger charge is 2.15. The van der Waals surface area contributed by atoms with Crippen molar-refractivity contribution in [3.8, 4) is 0 Å². The van der Waals surface area contributed by atoms with E-state index in [4.69, 9.17) is 0 Å². The Hall–Kier alpha value is -2.25. The first-order valence-electron chi connectivity index (χ1n) is 6.18. The van der Waals surface area contributed by atoms with Gasteiger partial charge in [-0.15, -0.1) is 0 Å². The summed E-state index contributed by atoms with van der Waals surface area (Å²) in [4.78, 5) is 9.97. The molecule has 0 amide bonds. The van der Waals surface area contributed by atoms with Crippen LogP contribution >= 0.6 is 0 Å². The molecule has 0 aromatic heterocycles. The normalized spacial score (nSPS) is 11.3. The van der Waals surface area contributed by atoms with Gasteiger partial charge in [-0.1, -0.05) is 29.8 Å². The Morgan fingerprint density at radius 1 is 1.14 bits per heavy atom. The molecule has 2 aromatic carbocycles. The van der Waals surface area contributed by atoms with Crippen molar-refractivity contribution >= 4 is 15.7 Å². The summed E-state index contributed by atoms with van der Waals surface area (Å²) in [7, 11) is -3.69. The van der Waals surface area contributed by atoms with E-state index in [9.17, 15) is 18.5 Å². The summed E-state index contributed by atoms with van der Waals surface area (Å²) in [6.45, 7) is 2.09. The lowest BCUT2D eigenvalue weighted by Crippen LogP contribution is -2.23. The molecule has 1 N–H and O–H groups in total. The van der Waals surface area contributed by atoms with Crippen molar-refractivity contribution in [2.24, 2.45) is 0 Å². The molecule has 0 atom stereocenters. The molecule has 0 bridgehead atoms. The molecule has 21 heavy (non-hydrogen) atoms. The van der Waals surface area contributed by atoms with Crippen LogP contribution in [0, 0.1) is 17.0 Å². The Balaban J connectivity index is 2.13. The van der Waals surface area contributed by atoms with E-state index >= 15 is 0 Å². The van der Waals surface area contributed by atoms with Crippen LogP contribution in [0.5, 0.6) is 0 Å². The molecule has 0 fully saturated rings. The summed E-state index contributed by atoms with van der Waals surface area (Å²) in [6, 6.07) is 12.3. The van der Waals surface area contributed by atoms with Gasteiger partial charge in [0.1, 0.15) is 0 Å². The van der Waals surface area contributed by atoms with E-state index in [1.807, 2.05) is 31.2 Å². The highest BCUT2D eigenvalue weighted by molar-refractivity contribution is 7.89. The molecule has 0 unspecified atom stereocenters. The maximum absolute atomic E-state index is 12.1. The largest absolute Gasteiger partial charge is 0.269 e. The molecular formula is C14H14N2O4S. The van der Waals surface area contributed by atoms with Gasteiger partial charge in [0.25, 0.3) is 5.69 Å². The highest BCUT2D eigenvalue weighted by atomic mass is 32.2. The fourth-order valence-corrected chi connectivity index (χ4v) is 2.85. The zero-order valence-corrected chi connectivity index (χ0v) is 12.1. The van der Waals surface area contributed by atoms with E-state index in [-0.39, 0.29) is 17.1 Å². The van der Waals surface area contributed by atoms with Crippen molar-refractivity contribution < 1.29 is 13.3 Å². The third-order valence-corrected chi connectivity index (χ3v) is 4.32. The Morgan fingerprint density at radius 2 is 1.81 bits per heavy atom. The SMILES string of the molecule is Cc1cccc(CNS(=O)(=O)c2ccc([N+](=O)[O-])cc2)c1. The molecule has 6 nitrogen and oxygen atoms in total. The van der Waals surface area contributed by atoms with Crippen molar-refractivity contribution in [2.75, 3.05) is 0 Å². The van der Waals surface area contributed by atoms with Crippen LogP contribution in [0.3, 0.4) is 0 Å². The van der Waals surface area contributed by atoms with Gasteiger partial charge in [-0.2, -0.15) is 0 Å². The van der Waals surface area contributed by atoms with Crippen LogP contribution < -0.4 is 4.72 Å². The highest BCUT2D eigenvalue weighted by Crippen LogP contribution is 2.16. The molecule has 0 aliphatic rings. The van der Waals surface area contributed by atoms with E-state index in [0.29, 0.717) is 0 Å². The van der Waals surface area contributed by atoms with Crippen LogP contribution in [-0.4, -0.2) is 13.3 Å². The minimum Gasteiger partial charge on any atom is -0.258 e. The zero-order valence-electron chi connectivity index (χ0n) is 11.3. The summed E-state index contributed by atoms with van der Waals surface area (Å²) >= 11 is 0. The fourth-order valence-electron chi connectivity index (χ4n) is 1.83. The van der Waals surface area contributed by atoms with Gasteiger partial charge in [-0.25, -0.2) is 13.1 Å². The lowest BCUT2D eigenvalue weighted by Gasteiger charge is -2.07. The van der Waals surface area contributed by atoms with Gasteiger partial charge < -0.3 is 0 Å². The maximum Gasteiger partial charge on any atom is 0.269 e. The Labute approximate surface area is 122 Å². The summed E-state index contributed by atoms with van der Waals surface area (Å²) in [5, 5.41) is 10.5.